The van der Waals surface area contributed by atoms with Crippen LogP contribution in [0.1, 0.15) is 0 Å². The first kappa shape index (κ1) is 11.9. The largest absolute Gasteiger partial charge is 0.726 e. The Hall–Kier alpha value is -1.16. The lowest BCUT2D eigenvalue weighted by Crippen LogP contribution is -2.40. The van der Waals surface area contributed by atoms with E-state index in [1.807, 2.05) is 0 Å². The molecule has 0 bridgehead atoms. The molecule has 0 radical (unpaired) electrons. The van der Waals surface area contributed by atoms with Gasteiger partial charge in [-0.2, -0.15) is 0 Å². The van der Waals surface area contributed by atoms with E-state index in [1.54, 1.807) is 0 Å². The van der Waals surface area contributed by atoms with Crippen LogP contribution >= 0.6 is 0 Å². The predicted molar refractivity (Wildman–Crippen MR) is 39.6 cm³/mol. The molecule has 1 aliphatic heterocycles. The quantitative estimate of drug-likeness (QED) is 0.402. The van der Waals surface area contributed by atoms with Gasteiger partial charge in [-0.05, 0) is 6.08 Å². The number of ether oxygens (including phenoxy) is 1. The van der Waals surface area contributed by atoms with Gasteiger partial charge in [0.05, 0.1) is 0 Å². The number of carboxylic acids is 1. The highest BCUT2D eigenvalue weighted by Gasteiger charge is 2.27. The third kappa shape index (κ3) is 3.47. The Morgan fingerprint density at radius 3 is 2.67 bits per heavy atom. The average Bonchev–Trinajstić information content (AvgIpc) is 2.05. The van der Waals surface area contributed by atoms with E-state index in [1.165, 1.54) is 0 Å². The molecule has 1 rings (SSSR count). The minimum atomic E-state index is -4.98. The molecule has 0 aromatic carbocycles. The number of aliphatic hydroxyl groups excluding tert-OH is 1. The van der Waals surface area contributed by atoms with Crippen LogP contribution in [0.3, 0.4) is 0 Å². The zero-order valence-electron chi connectivity index (χ0n) is 7.15. The van der Waals surface area contributed by atoms with Gasteiger partial charge in [-0.1, -0.05) is 0 Å². The normalized spacial score (nSPS) is 26.7. The van der Waals surface area contributed by atoms with Crippen molar-refractivity contribution in [2.75, 3.05) is 6.61 Å². The minimum Gasteiger partial charge on any atom is -0.726 e. The molecule has 1 N–H and O–H groups in total. The van der Waals surface area contributed by atoms with E-state index in [0.29, 0.717) is 6.08 Å². The van der Waals surface area contributed by atoms with Crippen molar-refractivity contribution < 1.29 is 36.9 Å². The van der Waals surface area contributed by atoms with Crippen LogP contribution in [0.2, 0.25) is 0 Å². The number of hydrogen-bond acceptors (Lipinski definition) is 8. The topological polar surface area (TPSA) is 136 Å². The Labute approximate surface area is 84.7 Å². The summed E-state index contributed by atoms with van der Waals surface area (Å²) in [6.45, 7) is -0.567. The Balaban J connectivity index is 2.73. The van der Waals surface area contributed by atoms with Crippen LogP contribution in [0.15, 0.2) is 11.8 Å². The molecule has 0 aliphatic carbocycles. The maximum absolute atomic E-state index is 10.3. The molecule has 9 heteroatoms. The van der Waals surface area contributed by atoms with Gasteiger partial charge in [-0.15, -0.1) is 0 Å². The summed E-state index contributed by atoms with van der Waals surface area (Å²) in [5.41, 5.74) is 0. The van der Waals surface area contributed by atoms with Crippen LogP contribution in [-0.2, 0) is 24.1 Å². The molecule has 1 heterocycles. The summed E-state index contributed by atoms with van der Waals surface area (Å²) in [6, 6.07) is 0. The first-order valence-corrected chi connectivity index (χ1v) is 5.01. The second-order valence-corrected chi connectivity index (χ2v) is 3.67. The second-order valence-electron chi connectivity index (χ2n) is 2.66. The molecular formula is C6H6O8S-2. The van der Waals surface area contributed by atoms with E-state index in [9.17, 15) is 28.0 Å². The number of carboxylic acid groups (broad SMARTS) is 1. The molecule has 0 aromatic rings. The first-order valence-electron chi connectivity index (χ1n) is 3.68. The first-order chi connectivity index (χ1) is 6.79. The highest BCUT2D eigenvalue weighted by atomic mass is 32.3. The molecule has 1 aliphatic rings. The third-order valence-corrected chi connectivity index (χ3v) is 2.03. The average molecular weight is 238 g/mol. The van der Waals surface area contributed by atoms with Gasteiger partial charge in [0, 0.05) is 0 Å². The molecule has 86 valence electrons. The standard InChI is InChI=1S/C6H8O8S/c7-3-1-4(6(8)9)13-2-5(3)14-15(10,11)12/h1,3,5,7H,2H2,(H,8,9)(H,10,11,12)/p-2/t3-,5?/m0/s1. The van der Waals surface area contributed by atoms with Crippen molar-refractivity contribution >= 4 is 16.4 Å². The molecule has 0 spiro atoms. The zero-order chi connectivity index (χ0) is 11.6. The van der Waals surface area contributed by atoms with E-state index in [2.05, 4.69) is 8.92 Å². The van der Waals surface area contributed by atoms with E-state index in [0.717, 1.165) is 0 Å². The summed E-state index contributed by atoms with van der Waals surface area (Å²) >= 11 is 0. The molecule has 1 unspecified atom stereocenters. The molecule has 0 fully saturated rings. The van der Waals surface area contributed by atoms with Gasteiger partial charge < -0.3 is 24.3 Å². The molecule has 0 aromatic heterocycles. The summed E-state index contributed by atoms with van der Waals surface area (Å²) in [5.74, 6) is -2.29. The number of carbonyl (C=O) groups excluding carboxylic acids is 1. The fraction of sp³-hybridized carbons (Fsp3) is 0.500. The lowest BCUT2D eigenvalue weighted by molar-refractivity contribution is -0.304. The van der Waals surface area contributed by atoms with Gasteiger partial charge in [0.25, 0.3) is 0 Å². The fourth-order valence-corrected chi connectivity index (χ4v) is 1.42. The van der Waals surface area contributed by atoms with Gasteiger partial charge in [0.15, 0.2) is 0 Å². The van der Waals surface area contributed by atoms with Crippen LogP contribution in [0.4, 0.5) is 0 Å². The molecule has 0 saturated carbocycles. The second kappa shape index (κ2) is 4.14. The Morgan fingerprint density at radius 2 is 2.27 bits per heavy atom. The maximum atomic E-state index is 10.3. The van der Waals surface area contributed by atoms with Crippen molar-refractivity contribution in [2.45, 2.75) is 12.2 Å². The van der Waals surface area contributed by atoms with Crippen LogP contribution in [0, 0.1) is 0 Å². The van der Waals surface area contributed by atoms with E-state index >= 15 is 0 Å². The number of carbonyl (C=O) groups is 1. The lowest BCUT2D eigenvalue weighted by atomic mass is 10.1. The minimum absolute atomic E-state index is 0.567. The van der Waals surface area contributed by atoms with Crippen molar-refractivity contribution in [1.29, 1.82) is 0 Å². The summed E-state index contributed by atoms with van der Waals surface area (Å²) in [4.78, 5) is 10.3. The Kier molecular flexibility index (Phi) is 3.29. The van der Waals surface area contributed by atoms with Gasteiger partial charge in [-0.25, -0.2) is 8.42 Å². The highest BCUT2D eigenvalue weighted by Crippen LogP contribution is 2.15. The number of aliphatic carboxylic acids is 1. The molecule has 15 heavy (non-hydrogen) atoms. The highest BCUT2D eigenvalue weighted by molar-refractivity contribution is 7.80. The summed E-state index contributed by atoms with van der Waals surface area (Å²) in [7, 11) is -4.98. The Bertz CT molecular complexity index is 382. The number of hydrogen-bond donors (Lipinski definition) is 1. The van der Waals surface area contributed by atoms with Crippen LogP contribution in [-0.4, -0.2) is 42.9 Å². The van der Waals surface area contributed by atoms with Crippen molar-refractivity contribution in [3.63, 3.8) is 0 Å². The molecule has 8 nitrogen and oxygen atoms in total. The zero-order valence-corrected chi connectivity index (χ0v) is 7.97. The van der Waals surface area contributed by atoms with Crippen LogP contribution in [0.25, 0.3) is 0 Å². The number of aliphatic hydroxyl groups is 1. The number of rotatable bonds is 3. The summed E-state index contributed by atoms with van der Waals surface area (Å²) < 4.78 is 38.9. The van der Waals surface area contributed by atoms with E-state index < -0.39 is 40.9 Å². The van der Waals surface area contributed by atoms with Crippen LogP contribution < -0.4 is 5.11 Å². The molecule has 0 saturated heterocycles. The fourth-order valence-electron chi connectivity index (χ4n) is 0.944. The monoisotopic (exact) mass is 238 g/mol. The lowest BCUT2D eigenvalue weighted by Gasteiger charge is -2.27. The van der Waals surface area contributed by atoms with Gasteiger partial charge in [-0.3, -0.25) is 4.18 Å². The smallest absolute Gasteiger partial charge is 0.218 e. The van der Waals surface area contributed by atoms with Crippen molar-refractivity contribution in [3.8, 4) is 0 Å². The van der Waals surface area contributed by atoms with Gasteiger partial charge in [0.2, 0.25) is 10.4 Å². The van der Waals surface area contributed by atoms with Crippen molar-refractivity contribution in [2.24, 2.45) is 0 Å². The van der Waals surface area contributed by atoms with E-state index in [4.69, 9.17) is 0 Å². The summed E-state index contributed by atoms with van der Waals surface area (Å²) in [6.07, 6.45) is -2.32. The van der Waals surface area contributed by atoms with E-state index in [-0.39, 0.29) is 0 Å². The third-order valence-electron chi connectivity index (χ3n) is 1.55. The van der Waals surface area contributed by atoms with Crippen molar-refractivity contribution in [1.82, 2.24) is 0 Å². The molecule has 2 atom stereocenters. The predicted octanol–water partition coefficient (Wildman–Crippen LogP) is -3.14. The van der Waals surface area contributed by atoms with Gasteiger partial charge >= 0.3 is 0 Å². The Morgan fingerprint density at radius 1 is 1.67 bits per heavy atom. The van der Waals surface area contributed by atoms with Crippen LogP contribution in [0.5, 0.6) is 0 Å². The van der Waals surface area contributed by atoms with Crippen molar-refractivity contribution in [3.05, 3.63) is 11.8 Å². The van der Waals surface area contributed by atoms with Gasteiger partial charge in [0.1, 0.15) is 30.5 Å². The molecule has 0 amide bonds. The molecular weight excluding hydrogens is 232 g/mol. The maximum Gasteiger partial charge on any atom is 0.218 e. The summed E-state index contributed by atoms with van der Waals surface area (Å²) in [5, 5.41) is 19.4. The SMILES string of the molecule is O=C([O-])C1=C[C@H](O)C(OS(=O)(=O)[O-])CO1.